The number of hydrogen-bond donors (Lipinski definition) is 1. The summed E-state index contributed by atoms with van der Waals surface area (Å²) in [4.78, 5) is 4.15. The standard InChI is InChI=1S/C14H12ClN3O/c1-19-9-11-4-2-3-5-12(11)18-14-13(15)10(8-16)6-7-17-14/h2-7H,9H2,1H3,(H,17,18). The lowest BCUT2D eigenvalue weighted by Gasteiger charge is -2.12. The predicted molar refractivity (Wildman–Crippen MR) is 74.4 cm³/mol. The fourth-order valence-corrected chi connectivity index (χ4v) is 1.87. The number of pyridine rings is 1. The molecule has 19 heavy (non-hydrogen) atoms. The summed E-state index contributed by atoms with van der Waals surface area (Å²) in [6.45, 7) is 0.485. The highest BCUT2D eigenvalue weighted by atomic mass is 35.5. The van der Waals surface area contributed by atoms with E-state index in [0.717, 1.165) is 11.3 Å². The van der Waals surface area contributed by atoms with E-state index in [0.29, 0.717) is 23.0 Å². The first kappa shape index (κ1) is 13.3. The first-order chi connectivity index (χ1) is 9.26. The van der Waals surface area contributed by atoms with Gasteiger partial charge in [-0.3, -0.25) is 0 Å². The number of nitriles is 1. The molecule has 0 unspecified atom stereocenters. The van der Waals surface area contributed by atoms with E-state index < -0.39 is 0 Å². The highest BCUT2D eigenvalue weighted by molar-refractivity contribution is 6.34. The van der Waals surface area contributed by atoms with E-state index in [9.17, 15) is 0 Å². The molecule has 1 aromatic heterocycles. The maximum absolute atomic E-state index is 8.94. The van der Waals surface area contributed by atoms with Crippen LogP contribution in [0.15, 0.2) is 36.5 Å². The minimum absolute atomic E-state index is 0.317. The highest BCUT2D eigenvalue weighted by Crippen LogP contribution is 2.27. The van der Waals surface area contributed by atoms with Gasteiger partial charge in [0, 0.05) is 24.6 Å². The van der Waals surface area contributed by atoms with Crippen LogP contribution < -0.4 is 5.32 Å². The maximum atomic E-state index is 8.94. The second-order valence-corrected chi connectivity index (χ2v) is 4.23. The highest BCUT2D eigenvalue weighted by Gasteiger charge is 2.09. The third-order valence-electron chi connectivity index (χ3n) is 2.58. The van der Waals surface area contributed by atoms with Crippen molar-refractivity contribution in [2.45, 2.75) is 6.61 Å². The number of aromatic nitrogens is 1. The SMILES string of the molecule is COCc1ccccc1Nc1nccc(C#N)c1Cl. The van der Waals surface area contributed by atoms with Crippen LogP contribution in [-0.4, -0.2) is 12.1 Å². The van der Waals surface area contributed by atoms with Crippen LogP contribution in [0.1, 0.15) is 11.1 Å². The van der Waals surface area contributed by atoms with Gasteiger partial charge in [-0.2, -0.15) is 5.26 Å². The fourth-order valence-electron chi connectivity index (χ4n) is 1.67. The topological polar surface area (TPSA) is 57.9 Å². The van der Waals surface area contributed by atoms with Gasteiger partial charge in [0.25, 0.3) is 0 Å². The zero-order chi connectivity index (χ0) is 13.7. The van der Waals surface area contributed by atoms with Crippen molar-refractivity contribution < 1.29 is 4.74 Å². The summed E-state index contributed by atoms with van der Waals surface area (Å²) < 4.78 is 5.14. The van der Waals surface area contributed by atoms with Crippen molar-refractivity contribution in [2.24, 2.45) is 0 Å². The predicted octanol–water partition coefficient (Wildman–Crippen LogP) is 3.50. The molecule has 0 spiro atoms. The second-order valence-electron chi connectivity index (χ2n) is 3.85. The van der Waals surface area contributed by atoms with E-state index in [-0.39, 0.29) is 0 Å². The number of halogens is 1. The molecule has 96 valence electrons. The maximum Gasteiger partial charge on any atom is 0.150 e. The number of methoxy groups -OCH3 is 1. The summed E-state index contributed by atoms with van der Waals surface area (Å²) in [5.74, 6) is 0.462. The van der Waals surface area contributed by atoms with Crippen molar-refractivity contribution in [3.63, 3.8) is 0 Å². The zero-order valence-electron chi connectivity index (χ0n) is 10.4. The van der Waals surface area contributed by atoms with Crippen molar-refractivity contribution in [3.05, 3.63) is 52.7 Å². The fraction of sp³-hybridized carbons (Fsp3) is 0.143. The molecule has 0 atom stereocenters. The monoisotopic (exact) mass is 273 g/mol. The lowest BCUT2D eigenvalue weighted by atomic mass is 10.2. The molecule has 2 rings (SSSR count). The van der Waals surface area contributed by atoms with Crippen LogP contribution in [0.3, 0.4) is 0 Å². The average molecular weight is 274 g/mol. The van der Waals surface area contributed by atoms with Gasteiger partial charge < -0.3 is 10.1 Å². The number of nitrogens with one attached hydrogen (secondary N) is 1. The number of ether oxygens (including phenoxy) is 1. The smallest absolute Gasteiger partial charge is 0.150 e. The largest absolute Gasteiger partial charge is 0.380 e. The molecule has 4 nitrogen and oxygen atoms in total. The summed E-state index contributed by atoms with van der Waals surface area (Å²) in [6, 6.07) is 11.3. The first-order valence-corrected chi connectivity index (χ1v) is 6.02. The van der Waals surface area contributed by atoms with Gasteiger partial charge in [-0.1, -0.05) is 29.8 Å². The Labute approximate surface area is 116 Å². The molecule has 1 heterocycles. The summed E-state index contributed by atoms with van der Waals surface area (Å²) in [5.41, 5.74) is 2.24. The van der Waals surface area contributed by atoms with Crippen LogP contribution in [0.25, 0.3) is 0 Å². The first-order valence-electron chi connectivity index (χ1n) is 5.64. The summed E-state index contributed by atoms with van der Waals surface area (Å²) in [5, 5.41) is 12.4. The van der Waals surface area contributed by atoms with E-state index in [2.05, 4.69) is 10.3 Å². The van der Waals surface area contributed by atoms with Crippen molar-refractivity contribution in [2.75, 3.05) is 12.4 Å². The number of benzene rings is 1. The normalized spacial score (nSPS) is 9.95. The minimum atomic E-state index is 0.317. The third-order valence-corrected chi connectivity index (χ3v) is 2.96. The van der Waals surface area contributed by atoms with Crippen LogP contribution in [0, 0.1) is 11.3 Å². The Morgan fingerprint density at radius 2 is 2.16 bits per heavy atom. The molecule has 0 aliphatic heterocycles. The molecule has 2 aromatic rings. The molecule has 0 fully saturated rings. The molecule has 1 aromatic carbocycles. The third kappa shape index (κ3) is 3.02. The van der Waals surface area contributed by atoms with Gasteiger partial charge in [-0.15, -0.1) is 0 Å². The number of para-hydroxylation sites is 1. The van der Waals surface area contributed by atoms with Crippen LogP contribution in [-0.2, 0) is 11.3 Å². The molecule has 0 aliphatic carbocycles. The summed E-state index contributed by atoms with van der Waals surface area (Å²) in [7, 11) is 1.64. The molecule has 5 heteroatoms. The second kappa shape index (κ2) is 6.19. The summed E-state index contributed by atoms with van der Waals surface area (Å²) in [6.07, 6.45) is 1.55. The van der Waals surface area contributed by atoms with Gasteiger partial charge in [0.15, 0.2) is 5.82 Å². The number of hydrogen-bond acceptors (Lipinski definition) is 4. The van der Waals surface area contributed by atoms with Gasteiger partial charge >= 0.3 is 0 Å². The van der Waals surface area contributed by atoms with Gasteiger partial charge in [0.2, 0.25) is 0 Å². The van der Waals surface area contributed by atoms with E-state index in [1.54, 1.807) is 19.4 Å². The van der Waals surface area contributed by atoms with Gasteiger partial charge in [-0.05, 0) is 12.1 Å². The Bertz CT molecular complexity index is 622. The molecule has 0 amide bonds. The molecular formula is C14H12ClN3O. The molecule has 0 radical (unpaired) electrons. The Morgan fingerprint density at radius 3 is 2.89 bits per heavy atom. The number of anilines is 2. The summed E-state index contributed by atoms with van der Waals surface area (Å²) >= 11 is 6.11. The lowest BCUT2D eigenvalue weighted by molar-refractivity contribution is 0.185. The minimum Gasteiger partial charge on any atom is -0.380 e. The van der Waals surface area contributed by atoms with Crippen LogP contribution in [0.4, 0.5) is 11.5 Å². The van der Waals surface area contributed by atoms with Gasteiger partial charge in [0.05, 0.1) is 12.2 Å². The number of nitrogens with zero attached hydrogens (tertiary/aromatic N) is 2. The van der Waals surface area contributed by atoms with E-state index in [4.69, 9.17) is 21.6 Å². The molecule has 0 saturated heterocycles. The molecule has 0 bridgehead atoms. The van der Waals surface area contributed by atoms with Crippen molar-refractivity contribution in [1.82, 2.24) is 4.98 Å². The van der Waals surface area contributed by atoms with Gasteiger partial charge in [-0.25, -0.2) is 4.98 Å². The number of rotatable bonds is 4. The van der Waals surface area contributed by atoms with E-state index in [1.165, 1.54) is 0 Å². The Balaban J connectivity index is 2.34. The van der Waals surface area contributed by atoms with E-state index >= 15 is 0 Å². The molecule has 0 saturated carbocycles. The Morgan fingerprint density at radius 1 is 1.37 bits per heavy atom. The van der Waals surface area contributed by atoms with Crippen molar-refractivity contribution >= 4 is 23.1 Å². The molecule has 0 aliphatic rings. The zero-order valence-corrected chi connectivity index (χ0v) is 11.1. The Kier molecular flexibility index (Phi) is 4.35. The van der Waals surface area contributed by atoms with E-state index in [1.807, 2.05) is 30.3 Å². The van der Waals surface area contributed by atoms with Crippen LogP contribution in [0.5, 0.6) is 0 Å². The van der Waals surface area contributed by atoms with Crippen LogP contribution in [0.2, 0.25) is 5.02 Å². The van der Waals surface area contributed by atoms with Crippen molar-refractivity contribution in [3.8, 4) is 6.07 Å². The quantitative estimate of drug-likeness (QED) is 0.926. The average Bonchev–Trinajstić information content (AvgIpc) is 2.43. The van der Waals surface area contributed by atoms with Crippen molar-refractivity contribution in [1.29, 1.82) is 5.26 Å². The van der Waals surface area contributed by atoms with Crippen LogP contribution >= 0.6 is 11.6 Å². The molecule has 1 N–H and O–H groups in total. The molecular weight excluding hydrogens is 262 g/mol. The Hall–Kier alpha value is -2.09. The lowest BCUT2D eigenvalue weighted by Crippen LogP contribution is -2.00. The van der Waals surface area contributed by atoms with Gasteiger partial charge in [0.1, 0.15) is 11.1 Å².